The SMILES string of the molecule is COc1ccc([C@H]2C(=C(O)c3ccc(C)cc3)C(=O)C(=O)N2Cc2ccccc2)cc1OC. The average molecular weight is 443 g/mol. The van der Waals surface area contributed by atoms with Crippen LogP contribution in [0.25, 0.3) is 5.76 Å². The first-order chi connectivity index (χ1) is 15.9. The van der Waals surface area contributed by atoms with Gasteiger partial charge in [-0.05, 0) is 30.2 Å². The number of benzene rings is 3. The van der Waals surface area contributed by atoms with Gasteiger partial charge < -0.3 is 19.5 Å². The van der Waals surface area contributed by atoms with E-state index in [0.29, 0.717) is 22.6 Å². The van der Waals surface area contributed by atoms with E-state index in [4.69, 9.17) is 9.47 Å². The Kier molecular flexibility index (Phi) is 6.18. The van der Waals surface area contributed by atoms with E-state index in [9.17, 15) is 14.7 Å². The van der Waals surface area contributed by atoms with Crippen LogP contribution in [0.4, 0.5) is 0 Å². The average Bonchev–Trinajstić information content (AvgIpc) is 3.09. The fourth-order valence-electron chi connectivity index (χ4n) is 4.06. The van der Waals surface area contributed by atoms with Crippen molar-refractivity contribution in [2.75, 3.05) is 14.2 Å². The molecule has 168 valence electrons. The van der Waals surface area contributed by atoms with E-state index < -0.39 is 17.7 Å². The summed E-state index contributed by atoms with van der Waals surface area (Å²) in [5.41, 5.74) is 3.06. The Labute approximate surface area is 192 Å². The Balaban J connectivity index is 1.89. The third kappa shape index (κ3) is 4.20. The number of carbonyl (C=O) groups excluding carboxylic acids is 2. The van der Waals surface area contributed by atoms with Crippen molar-refractivity contribution in [3.63, 3.8) is 0 Å². The van der Waals surface area contributed by atoms with Gasteiger partial charge in [0.1, 0.15) is 5.76 Å². The standard InChI is InChI=1S/C27H25NO5/c1-17-9-11-19(12-10-17)25(29)23-24(20-13-14-21(32-2)22(15-20)33-3)28(27(31)26(23)30)16-18-7-5-4-6-8-18/h4-15,24,29H,16H2,1-3H3/t24-/m0/s1. The minimum atomic E-state index is -0.786. The number of nitrogens with zero attached hydrogens (tertiary/aromatic N) is 1. The lowest BCUT2D eigenvalue weighted by molar-refractivity contribution is -0.140. The first kappa shape index (κ1) is 22.1. The van der Waals surface area contributed by atoms with E-state index in [1.165, 1.54) is 19.1 Å². The maximum absolute atomic E-state index is 13.2. The van der Waals surface area contributed by atoms with E-state index >= 15 is 0 Å². The van der Waals surface area contributed by atoms with Crippen LogP contribution in [0.1, 0.15) is 28.3 Å². The highest BCUT2D eigenvalue weighted by Gasteiger charge is 2.46. The van der Waals surface area contributed by atoms with Crippen LogP contribution in [0.2, 0.25) is 0 Å². The molecule has 6 heteroatoms. The smallest absolute Gasteiger partial charge is 0.295 e. The van der Waals surface area contributed by atoms with Crippen LogP contribution in [0.5, 0.6) is 11.5 Å². The number of hydrogen-bond acceptors (Lipinski definition) is 5. The van der Waals surface area contributed by atoms with E-state index in [1.807, 2.05) is 49.4 Å². The molecule has 0 saturated carbocycles. The van der Waals surface area contributed by atoms with Crippen molar-refractivity contribution in [2.45, 2.75) is 19.5 Å². The Morgan fingerprint density at radius 3 is 2.21 bits per heavy atom. The number of ketones is 1. The van der Waals surface area contributed by atoms with E-state index in [0.717, 1.165) is 11.1 Å². The molecule has 1 fully saturated rings. The lowest BCUT2D eigenvalue weighted by Crippen LogP contribution is -2.29. The molecule has 0 radical (unpaired) electrons. The molecule has 1 saturated heterocycles. The van der Waals surface area contributed by atoms with Crippen molar-refractivity contribution >= 4 is 17.4 Å². The summed E-state index contributed by atoms with van der Waals surface area (Å²) in [6.45, 7) is 2.15. The number of aliphatic hydroxyl groups excluding tert-OH is 1. The summed E-state index contributed by atoms with van der Waals surface area (Å²) in [6.07, 6.45) is 0. The highest BCUT2D eigenvalue weighted by molar-refractivity contribution is 6.46. The molecule has 0 aromatic heterocycles. The van der Waals surface area contributed by atoms with Crippen molar-refractivity contribution in [1.29, 1.82) is 0 Å². The molecule has 0 aliphatic carbocycles. The zero-order chi connectivity index (χ0) is 23.5. The number of ether oxygens (including phenoxy) is 2. The molecule has 1 aliphatic rings. The normalized spacial score (nSPS) is 17.3. The quantitative estimate of drug-likeness (QED) is 0.341. The Morgan fingerprint density at radius 1 is 0.909 bits per heavy atom. The van der Waals surface area contributed by atoms with Gasteiger partial charge in [0, 0.05) is 12.1 Å². The summed E-state index contributed by atoms with van der Waals surface area (Å²) in [5, 5.41) is 11.2. The van der Waals surface area contributed by atoms with Crippen LogP contribution in [-0.4, -0.2) is 35.9 Å². The number of methoxy groups -OCH3 is 2. The molecule has 1 amide bonds. The zero-order valence-electron chi connectivity index (χ0n) is 18.7. The molecule has 0 unspecified atom stereocenters. The summed E-state index contributed by atoms with van der Waals surface area (Å²) in [5.74, 6) is -0.588. The molecule has 0 spiro atoms. The number of likely N-dealkylation sites (tertiary alicyclic amines) is 1. The number of carbonyl (C=O) groups is 2. The number of hydrogen-bond donors (Lipinski definition) is 1. The first-order valence-corrected chi connectivity index (χ1v) is 10.6. The molecular formula is C27H25NO5. The van der Waals surface area contributed by atoms with Crippen molar-refractivity contribution < 1.29 is 24.2 Å². The fraction of sp³-hybridized carbons (Fsp3) is 0.185. The maximum Gasteiger partial charge on any atom is 0.295 e. The predicted molar refractivity (Wildman–Crippen MR) is 125 cm³/mol. The molecule has 6 nitrogen and oxygen atoms in total. The number of Topliss-reactive ketones (excluding diaryl/α,β-unsaturated/α-hetero) is 1. The van der Waals surface area contributed by atoms with Gasteiger partial charge in [-0.1, -0.05) is 66.2 Å². The van der Waals surface area contributed by atoms with Crippen molar-refractivity contribution in [3.8, 4) is 11.5 Å². The van der Waals surface area contributed by atoms with E-state index in [1.54, 1.807) is 30.3 Å². The lowest BCUT2D eigenvalue weighted by atomic mass is 9.94. The Hall–Kier alpha value is -4.06. The fourth-order valence-corrected chi connectivity index (χ4v) is 4.06. The number of aryl methyl sites for hydroxylation is 1. The molecule has 0 bridgehead atoms. The topological polar surface area (TPSA) is 76.1 Å². The lowest BCUT2D eigenvalue weighted by Gasteiger charge is -2.26. The molecule has 3 aromatic carbocycles. The van der Waals surface area contributed by atoms with Crippen LogP contribution >= 0.6 is 0 Å². The summed E-state index contributed by atoms with van der Waals surface area (Å²) in [6, 6.07) is 21.1. The minimum Gasteiger partial charge on any atom is -0.507 e. The third-order valence-electron chi connectivity index (χ3n) is 5.78. The van der Waals surface area contributed by atoms with Crippen molar-refractivity contribution in [3.05, 3.63) is 101 Å². The highest BCUT2D eigenvalue weighted by Crippen LogP contribution is 2.42. The molecule has 1 atom stereocenters. The van der Waals surface area contributed by atoms with E-state index in [2.05, 4.69) is 0 Å². The summed E-state index contributed by atoms with van der Waals surface area (Å²) < 4.78 is 10.8. The van der Waals surface area contributed by atoms with Gasteiger partial charge in [0.25, 0.3) is 11.7 Å². The minimum absolute atomic E-state index is 0.0482. The molecule has 3 aromatic rings. The van der Waals surface area contributed by atoms with Gasteiger partial charge in [-0.25, -0.2) is 0 Å². The second-order valence-corrected chi connectivity index (χ2v) is 7.89. The number of rotatable bonds is 6. The van der Waals surface area contributed by atoms with Gasteiger partial charge in [0.15, 0.2) is 11.5 Å². The Morgan fingerprint density at radius 2 is 1.58 bits per heavy atom. The summed E-state index contributed by atoms with van der Waals surface area (Å²) in [4.78, 5) is 27.8. The number of aliphatic hydroxyl groups is 1. The van der Waals surface area contributed by atoms with Crippen molar-refractivity contribution in [1.82, 2.24) is 4.90 Å². The molecular weight excluding hydrogens is 418 g/mol. The molecule has 1 N–H and O–H groups in total. The van der Waals surface area contributed by atoms with Gasteiger partial charge in [-0.2, -0.15) is 0 Å². The van der Waals surface area contributed by atoms with Crippen LogP contribution in [-0.2, 0) is 16.1 Å². The highest BCUT2D eigenvalue weighted by atomic mass is 16.5. The maximum atomic E-state index is 13.2. The molecule has 1 aliphatic heterocycles. The van der Waals surface area contributed by atoms with Crippen LogP contribution in [0, 0.1) is 6.92 Å². The van der Waals surface area contributed by atoms with Gasteiger partial charge in [0.05, 0.1) is 25.8 Å². The van der Waals surface area contributed by atoms with Crippen LogP contribution < -0.4 is 9.47 Å². The zero-order valence-corrected chi connectivity index (χ0v) is 18.7. The van der Waals surface area contributed by atoms with Gasteiger partial charge in [0.2, 0.25) is 0 Å². The predicted octanol–water partition coefficient (Wildman–Crippen LogP) is 4.63. The molecule has 4 rings (SSSR count). The van der Waals surface area contributed by atoms with E-state index in [-0.39, 0.29) is 17.9 Å². The molecule has 1 heterocycles. The summed E-state index contributed by atoms with van der Waals surface area (Å²) >= 11 is 0. The monoisotopic (exact) mass is 443 g/mol. The molecule has 33 heavy (non-hydrogen) atoms. The van der Waals surface area contributed by atoms with Crippen LogP contribution in [0.15, 0.2) is 78.4 Å². The Bertz CT molecular complexity index is 1220. The first-order valence-electron chi connectivity index (χ1n) is 10.6. The van der Waals surface area contributed by atoms with Crippen molar-refractivity contribution in [2.24, 2.45) is 0 Å². The largest absolute Gasteiger partial charge is 0.507 e. The third-order valence-corrected chi connectivity index (χ3v) is 5.78. The van der Waals surface area contributed by atoms with Gasteiger partial charge in [-0.3, -0.25) is 9.59 Å². The second-order valence-electron chi connectivity index (χ2n) is 7.89. The van der Waals surface area contributed by atoms with Gasteiger partial charge >= 0.3 is 0 Å². The second kappa shape index (κ2) is 9.20. The van der Waals surface area contributed by atoms with Gasteiger partial charge in [-0.15, -0.1) is 0 Å². The van der Waals surface area contributed by atoms with Crippen LogP contribution in [0.3, 0.4) is 0 Å². The summed E-state index contributed by atoms with van der Waals surface area (Å²) in [7, 11) is 3.06. The number of amides is 1.